The van der Waals surface area contributed by atoms with Crippen LogP contribution in [0.25, 0.3) is 16.9 Å². The zero-order valence-corrected chi connectivity index (χ0v) is 25.3. The van der Waals surface area contributed by atoms with Crippen LogP contribution in [0.1, 0.15) is 83.7 Å². The lowest BCUT2D eigenvalue weighted by atomic mass is 9.91. The van der Waals surface area contributed by atoms with Crippen molar-refractivity contribution in [2.75, 3.05) is 6.61 Å². The quantitative estimate of drug-likeness (QED) is 0.216. The van der Waals surface area contributed by atoms with Crippen molar-refractivity contribution in [3.05, 3.63) is 81.2 Å². The largest absolute Gasteiger partial charge is 0.490 e. The van der Waals surface area contributed by atoms with E-state index in [2.05, 4.69) is 15.4 Å². The lowest BCUT2D eigenvalue weighted by molar-refractivity contribution is -0.160. The minimum atomic E-state index is -3.03. The van der Waals surface area contributed by atoms with E-state index in [4.69, 9.17) is 9.47 Å². The highest BCUT2D eigenvalue weighted by molar-refractivity contribution is 5.93. The Balaban J connectivity index is 1.66. The molecule has 0 fully saturated rings. The second-order valence-corrected chi connectivity index (χ2v) is 11.8. The van der Waals surface area contributed by atoms with E-state index < -0.39 is 47.2 Å². The number of carboxylic acids is 1. The standard InChI is InChI=1S/C32H32F4N4O5/c1-15-18-7-6-10-44-27(18)22(34)12-19(15)26-25(28(31(42)43)45-32(3,4)5)16(2)38-24-13-23(39-40(24)26)30(41)37-14-17-8-9-21(33)20(11-17)29(35)36/h8-9,11-13,28-29H,6-7,10,14H2,1-5H3,(H,37,41)(H,42,43)/t28-/m0/s1. The number of benzene rings is 2. The highest BCUT2D eigenvalue weighted by Crippen LogP contribution is 2.41. The van der Waals surface area contributed by atoms with Crippen molar-refractivity contribution >= 4 is 17.5 Å². The van der Waals surface area contributed by atoms with Crippen molar-refractivity contribution in [3.8, 4) is 17.0 Å². The van der Waals surface area contributed by atoms with Gasteiger partial charge in [0.2, 0.25) is 0 Å². The number of carbonyl (C=O) groups excluding carboxylic acids is 1. The first-order chi connectivity index (χ1) is 21.2. The van der Waals surface area contributed by atoms with E-state index in [-0.39, 0.29) is 46.2 Å². The summed E-state index contributed by atoms with van der Waals surface area (Å²) in [4.78, 5) is 30.4. The number of hydrogen-bond acceptors (Lipinski definition) is 6. The SMILES string of the molecule is Cc1nc2cc(C(=O)NCc3ccc(F)c(C(F)F)c3)nn2c(-c2cc(F)c3c(c2C)CCCO3)c1[C@H](OC(C)(C)C)C(=O)O. The maximum atomic E-state index is 15.5. The smallest absolute Gasteiger partial charge is 0.337 e. The van der Waals surface area contributed by atoms with Crippen LogP contribution in [0.5, 0.6) is 5.75 Å². The molecule has 1 aliphatic heterocycles. The third-order valence-corrected chi connectivity index (χ3v) is 7.46. The molecule has 1 amide bonds. The predicted molar refractivity (Wildman–Crippen MR) is 155 cm³/mol. The molecule has 0 aliphatic carbocycles. The molecule has 0 spiro atoms. The molecule has 0 saturated carbocycles. The molecule has 3 heterocycles. The Kier molecular flexibility index (Phi) is 8.58. The number of ether oxygens (including phenoxy) is 2. The van der Waals surface area contributed by atoms with E-state index in [1.165, 1.54) is 22.7 Å². The molecule has 0 unspecified atom stereocenters. The average Bonchev–Trinajstić information content (AvgIpc) is 3.40. The summed E-state index contributed by atoms with van der Waals surface area (Å²) in [5.74, 6) is -3.54. The van der Waals surface area contributed by atoms with E-state index in [1.807, 2.05) is 0 Å². The first-order valence-electron chi connectivity index (χ1n) is 14.3. The van der Waals surface area contributed by atoms with Crippen LogP contribution in [-0.2, 0) is 22.5 Å². The number of carboxylic acid groups (broad SMARTS) is 1. The summed E-state index contributed by atoms with van der Waals surface area (Å²) in [6.45, 7) is 8.64. The fourth-order valence-electron chi connectivity index (χ4n) is 5.45. The molecular formula is C32H32F4N4O5. The molecular weight excluding hydrogens is 596 g/mol. The Hall–Kier alpha value is -4.52. The number of fused-ring (bicyclic) bond motifs is 2. The van der Waals surface area contributed by atoms with Gasteiger partial charge < -0.3 is 19.9 Å². The van der Waals surface area contributed by atoms with Gasteiger partial charge in [-0.1, -0.05) is 6.07 Å². The molecule has 13 heteroatoms. The molecule has 45 heavy (non-hydrogen) atoms. The fraction of sp³-hybridized carbons (Fsp3) is 0.375. The number of nitrogens with one attached hydrogen (secondary N) is 1. The van der Waals surface area contributed by atoms with Crippen molar-refractivity contribution in [1.82, 2.24) is 19.9 Å². The molecule has 238 valence electrons. The molecule has 0 radical (unpaired) electrons. The summed E-state index contributed by atoms with van der Waals surface area (Å²) < 4.78 is 68.4. The van der Waals surface area contributed by atoms with Crippen LogP contribution in [0.3, 0.4) is 0 Å². The highest BCUT2D eigenvalue weighted by atomic mass is 19.3. The summed E-state index contributed by atoms with van der Waals surface area (Å²) in [7, 11) is 0. The average molecular weight is 629 g/mol. The molecule has 5 rings (SSSR count). The van der Waals surface area contributed by atoms with Crippen molar-refractivity contribution in [1.29, 1.82) is 0 Å². The first kappa shape index (κ1) is 31.9. The first-order valence-corrected chi connectivity index (χ1v) is 14.3. The Bertz CT molecular complexity index is 1820. The summed E-state index contributed by atoms with van der Waals surface area (Å²) in [5.41, 5.74) is 0.794. The molecule has 2 aromatic carbocycles. The van der Waals surface area contributed by atoms with Gasteiger partial charge in [0.1, 0.15) is 5.82 Å². The summed E-state index contributed by atoms with van der Waals surface area (Å²) in [6, 6.07) is 5.77. The number of hydrogen-bond donors (Lipinski definition) is 2. The van der Waals surface area contributed by atoms with Gasteiger partial charge >= 0.3 is 5.97 Å². The number of alkyl halides is 2. The number of aliphatic carboxylic acids is 1. The monoisotopic (exact) mass is 628 g/mol. The molecule has 9 nitrogen and oxygen atoms in total. The second-order valence-electron chi connectivity index (χ2n) is 11.8. The number of halogens is 4. The number of nitrogens with zero attached hydrogens (tertiary/aromatic N) is 3. The van der Waals surface area contributed by atoms with Gasteiger partial charge in [0.05, 0.1) is 23.5 Å². The van der Waals surface area contributed by atoms with Crippen LogP contribution in [-0.4, -0.2) is 43.8 Å². The number of aromatic nitrogens is 3. The third kappa shape index (κ3) is 6.35. The lowest BCUT2D eigenvalue weighted by Crippen LogP contribution is -2.29. The Morgan fingerprint density at radius 2 is 1.87 bits per heavy atom. The molecule has 1 atom stereocenters. The maximum absolute atomic E-state index is 15.5. The Morgan fingerprint density at radius 1 is 1.13 bits per heavy atom. The topological polar surface area (TPSA) is 115 Å². The van der Waals surface area contributed by atoms with Gasteiger partial charge in [-0.15, -0.1) is 0 Å². The van der Waals surface area contributed by atoms with Gasteiger partial charge in [0, 0.05) is 35.0 Å². The summed E-state index contributed by atoms with van der Waals surface area (Å²) in [5, 5.41) is 17.3. The van der Waals surface area contributed by atoms with Crippen molar-refractivity contribution in [2.24, 2.45) is 0 Å². The van der Waals surface area contributed by atoms with Crippen molar-refractivity contribution in [2.45, 2.75) is 72.1 Å². The number of rotatable bonds is 8. The molecule has 1 aliphatic rings. The fourth-order valence-corrected chi connectivity index (χ4v) is 5.45. The predicted octanol–water partition coefficient (Wildman–Crippen LogP) is 6.42. The highest BCUT2D eigenvalue weighted by Gasteiger charge is 2.35. The van der Waals surface area contributed by atoms with Crippen LogP contribution < -0.4 is 10.1 Å². The normalized spacial score (nSPS) is 13.9. The zero-order chi connectivity index (χ0) is 32.8. The van der Waals surface area contributed by atoms with Gasteiger partial charge in [-0.25, -0.2) is 31.9 Å². The molecule has 2 N–H and O–H groups in total. The summed E-state index contributed by atoms with van der Waals surface area (Å²) >= 11 is 0. The van der Waals surface area contributed by atoms with E-state index in [9.17, 15) is 27.9 Å². The molecule has 0 saturated heterocycles. The van der Waals surface area contributed by atoms with Gasteiger partial charge in [-0.3, -0.25) is 4.79 Å². The van der Waals surface area contributed by atoms with Crippen LogP contribution in [0.2, 0.25) is 0 Å². The van der Waals surface area contributed by atoms with Crippen LogP contribution >= 0.6 is 0 Å². The summed E-state index contributed by atoms with van der Waals surface area (Å²) in [6.07, 6.45) is -3.35. The molecule has 0 bridgehead atoms. The van der Waals surface area contributed by atoms with Crippen LogP contribution in [0, 0.1) is 25.5 Å². The zero-order valence-electron chi connectivity index (χ0n) is 25.3. The van der Waals surface area contributed by atoms with E-state index in [0.717, 1.165) is 12.1 Å². The Morgan fingerprint density at radius 3 is 2.53 bits per heavy atom. The van der Waals surface area contributed by atoms with Gasteiger partial charge in [0.15, 0.2) is 29.0 Å². The van der Waals surface area contributed by atoms with Gasteiger partial charge in [-0.05, 0) is 76.8 Å². The maximum Gasteiger partial charge on any atom is 0.337 e. The van der Waals surface area contributed by atoms with E-state index in [0.29, 0.717) is 36.1 Å². The van der Waals surface area contributed by atoms with Crippen molar-refractivity contribution in [3.63, 3.8) is 0 Å². The number of carbonyl (C=O) groups is 2. The van der Waals surface area contributed by atoms with Gasteiger partial charge in [-0.2, -0.15) is 5.10 Å². The third-order valence-electron chi connectivity index (χ3n) is 7.46. The van der Waals surface area contributed by atoms with Gasteiger partial charge in [0.25, 0.3) is 12.3 Å². The second kappa shape index (κ2) is 12.1. The minimum absolute atomic E-state index is 0.125. The van der Waals surface area contributed by atoms with Crippen molar-refractivity contribution < 1.29 is 41.7 Å². The number of aryl methyl sites for hydroxylation is 1. The molecule has 2 aromatic heterocycles. The molecule has 4 aromatic rings. The van der Waals surface area contributed by atoms with Crippen LogP contribution in [0.4, 0.5) is 17.6 Å². The lowest BCUT2D eigenvalue weighted by Gasteiger charge is -2.28. The van der Waals surface area contributed by atoms with Crippen LogP contribution in [0.15, 0.2) is 30.3 Å². The number of amides is 1. The Labute approximate surface area is 256 Å². The van der Waals surface area contributed by atoms with E-state index >= 15 is 4.39 Å². The van der Waals surface area contributed by atoms with E-state index in [1.54, 1.807) is 34.6 Å². The minimum Gasteiger partial charge on any atom is -0.490 e.